The molecule has 2 aromatic carbocycles. The molecule has 1 aliphatic heterocycles. The Kier molecular flexibility index (Phi) is 9.02. The normalized spacial score (nSPS) is 15.6. The number of hydrogen-bond acceptors (Lipinski definition) is 7. The Morgan fingerprint density at radius 2 is 1.81 bits per heavy atom. The van der Waals surface area contributed by atoms with Crippen LogP contribution >= 0.6 is 0 Å². The van der Waals surface area contributed by atoms with E-state index in [0.717, 1.165) is 35.6 Å². The van der Waals surface area contributed by atoms with Crippen molar-refractivity contribution in [1.82, 2.24) is 0 Å². The smallest absolute Gasteiger partial charge is 0.306 e. The third-order valence-corrected chi connectivity index (χ3v) is 8.42. The molecule has 0 aliphatic carbocycles. The zero-order valence-electron chi connectivity index (χ0n) is 21.7. The van der Waals surface area contributed by atoms with Crippen molar-refractivity contribution in [2.75, 3.05) is 34.9 Å². The summed E-state index contributed by atoms with van der Waals surface area (Å²) in [6, 6.07) is 15.8. The summed E-state index contributed by atoms with van der Waals surface area (Å²) >= 11 is 0. The molecule has 1 fully saturated rings. The molecule has 7 nitrogen and oxygen atoms in total. The average Bonchev–Trinajstić information content (AvgIpc) is 2.83. The lowest BCUT2D eigenvalue weighted by atomic mass is 9.81. The van der Waals surface area contributed by atoms with E-state index >= 15 is 0 Å². The van der Waals surface area contributed by atoms with Crippen LogP contribution in [0.25, 0.3) is 0 Å². The molecular weight excluding hydrogens is 474 g/mol. The van der Waals surface area contributed by atoms with Gasteiger partial charge in [0.2, 0.25) is 0 Å². The van der Waals surface area contributed by atoms with Crippen molar-refractivity contribution in [3.8, 4) is 6.07 Å². The highest BCUT2D eigenvalue weighted by Crippen LogP contribution is 2.38. The van der Waals surface area contributed by atoms with Crippen LogP contribution in [0.5, 0.6) is 0 Å². The van der Waals surface area contributed by atoms with Gasteiger partial charge in [-0.1, -0.05) is 26.8 Å². The first-order valence-electron chi connectivity index (χ1n) is 12.6. The van der Waals surface area contributed by atoms with Crippen molar-refractivity contribution in [1.29, 1.82) is 5.26 Å². The molecule has 2 aromatic rings. The number of esters is 1. The van der Waals surface area contributed by atoms with Gasteiger partial charge in [-0.2, -0.15) is 5.26 Å². The SMILES string of the molecule is CCCN(c1ccc(C(C)(C)CC(=O)OCC)cc1Nc1ccc(C#N)cc1)C1CCS(=O)(=O)CC1. The van der Waals surface area contributed by atoms with Crippen molar-refractivity contribution in [3.63, 3.8) is 0 Å². The molecule has 0 spiro atoms. The van der Waals surface area contributed by atoms with Crippen LogP contribution in [0.3, 0.4) is 0 Å². The van der Waals surface area contributed by atoms with Crippen LogP contribution in [0.2, 0.25) is 0 Å². The minimum atomic E-state index is -2.97. The molecule has 0 unspecified atom stereocenters. The molecule has 1 heterocycles. The fourth-order valence-corrected chi connectivity index (χ4v) is 6.16. The third kappa shape index (κ3) is 7.01. The summed E-state index contributed by atoms with van der Waals surface area (Å²) in [7, 11) is -2.97. The molecule has 36 heavy (non-hydrogen) atoms. The van der Waals surface area contributed by atoms with Crippen molar-refractivity contribution in [2.24, 2.45) is 0 Å². The summed E-state index contributed by atoms with van der Waals surface area (Å²) in [5.41, 5.74) is 3.87. The maximum absolute atomic E-state index is 12.3. The summed E-state index contributed by atoms with van der Waals surface area (Å²) in [5.74, 6) is 0.186. The van der Waals surface area contributed by atoms with Crippen LogP contribution in [0.15, 0.2) is 42.5 Å². The number of anilines is 3. The van der Waals surface area contributed by atoms with E-state index in [2.05, 4.69) is 41.4 Å². The maximum Gasteiger partial charge on any atom is 0.306 e. The number of benzene rings is 2. The second-order valence-corrected chi connectivity index (χ2v) is 12.3. The van der Waals surface area contributed by atoms with Crippen LogP contribution < -0.4 is 10.2 Å². The minimum absolute atomic E-state index is 0.133. The largest absolute Gasteiger partial charge is 0.466 e. The van der Waals surface area contributed by atoms with Gasteiger partial charge in [-0.3, -0.25) is 4.79 Å². The van der Waals surface area contributed by atoms with Crippen molar-refractivity contribution in [3.05, 3.63) is 53.6 Å². The highest BCUT2D eigenvalue weighted by molar-refractivity contribution is 7.91. The predicted octanol–water partition coefficient (Wildman–Crippen LogP) is 5.33. The summed E-state index contributed by atoms with van der Waals surface area (Å²) in [6.45, 7) is 9.14. The lowest BCUT2D eigenvalue weighted by Gasteiger charge is -2.38. The zero-order chi connectivity index (χ0) is 26.3. The van der Waals surface area contributed by atoms with Gasteiger partial charge in [-0.05, 0) is 68.1 Å². The summed E-state index contributed by atoms with van der Waals surface area (Å²) in [5, 5.41) is 12.7. The number of hydrogen-bond donors (Lipinski definition) is 1. The molecule has 1 saturated heterocycles. The van der Waals surface area contributed by atoms with Gasteiger partial charge in [0, 0.05) is 23.7 Å². The van der Waals surface area contributed by atoms with E-state index in [0.29, 0.717) is 25.0 Å². The van der Waals surface area contributed by atoms with Gasteiger partial charge in [-0.25, -0.2) is 8.42 Å². The van der Waals surface area contributed by atoms with Gasteiger partial charge in [0.05, 0.1) is 47.5 Å². The summed E-state index contributed by atoms with van der Waals surface area (Å²) in [6.07, 6.45) is 2.40. The second-order valence-electron chi connectivity index (χ2n) is 9.99. The summed E-state index contributed by atoms with van der Waals surface area (Å²) in [4.78, 5) is 14.6. The fraction of sp³-hybridized carbons (Fsp3) is 0.500. The Hall–Kier alpha value is -3.05. The van der Waals surface area contributed by atoms with Crippen LogP contribution in [-0.2, 0) is 24.8 Å². The number of ether oxygens (including phenoxy) is 1. The molecule has 0 aromatic heterocycles. The Balaban J connectivity index is 2.02. The maximum atomic E-state index is 12.3. The Labute approximate surface area is 215 Å². The van der Waals surface area contributed by atoms with Gasteiger partial charge in [0.1, 0.15) is 9.84 Å². The first-order chi connectivity index (χ1) is 17.1. The van der Waals surface area contributed by atoms with Crippen LogP contribution in [-0.4, -0.2) is 45.1 Å². The average molecular weight is 512 g/mol. The standard InChI is InChI=1S/C28H37N3O4S/c1-5-15-31(24-13-16-36(33,34)17-14-24)26-12-9-22(28(3,4)19-27(32)35-6-2)18-25(26)30-23-10-7-21(20-29)8-11-23/h7-12,18,24,30H,5-6,13-17,19H2,1-4H3. The molecule has 1 N–H and O–H groups in total. The molecule has 8 heteroatoms. The minimum Gasteiger partial charge on any atom is -0.466 e. The lowest BCUT2D eigenvalue weighted by molar-refractivity contribution is -0.144. The molecule has 0 saturated carbocycles. The van der Waals surface area contributed by atoms with E-state index in [1.54, 1.807) is 19.1 Å². The molecule has 194 valence electrons. The topological polar surface area (TPSA) is 99.5 Å². The Bertz CT molecular complexity index is 1190. The van der Waals surface area contributed by atoms with Crippen LogP contribution in [0.1, 0.15) is 64.5 Å². The first-order valence-corrected chi connectivity index (χ1v) is 14.4. The first kappa shape index (κ1) is 27.5. The molecular formula is C28H37N3O4S. The van der Waals surface area contributed by atoms with E-state index in [-0.39, 0.29) is 29.9 Å². The van der Waals surface area contributed by atoms with Gasteiger partial charge < -0.3 is 15.0 Å². The lowest BCUT2D eigenvalue weighted by Crippen LogP contribution is -2.42. The van der Waals surface area contributed by atoms with Crippen LogP contribution in [0.4, 0.5) is 17.1 Å². The number of carbonyl (C=O) groups excluding carboxylic acids is 1. The van der Waals surface area contributed by atoms with E-state index in [4.69, 9.17) is 10.00 Å². The van der Waals surface area contributed by atoms with Crippen molar-refractivity contribution in [2.45, 2.75) is 64.8 Å². The van der Waals surface area contributed by atoms with Crippen molar-refractivity contribution >= 4 is 32.9 Å². The molecule has 3 rings (SSSR count). The number of nitrogens with one attached hydrogen (secondary N) is 1. The number of nitriles is 1. The molecule has 0 amide bonds. The predicted molar refractivity (Wildman–Crippen MR) is 144 cm³/mol. The third-order valence-electron chi connectivity index (χ3n) is 6.70. The number of carbonyl (C=O) groups is 1. The molecule has 0 radical (unpaired) electrons. The van der Waals surface area contributed by atoms with Crippen molar-refractivity contribution < 1.29 is 17.9 Å². The van der Waals surface area contributed by atoms with Gasteiger partial charge in [0.25, 0.3) is 0 Å². The molecule has 1 aliphatic rings. The highest BCUT2D eigenvalue weighted by Gasteiger charge is 2.31. The fourth-order valence-electron chi connectivity index (χ4n) is 4.70. The number of rotatable bonds is 10. The Morgan fingerprint density at radius 1 is 1.14 bits per heavy atom. The van der Waals surface area contributed by atoms with Crippen LogP contribution in [0, 0.1) is 11.3 Å². The van der Waals surface area contributed by atoms with Gasteiger partial charge in [-0.15, -0.1) is 0 Å². The second kappa shape index (κ2) is 11.8. The number of sulfone groups is 1. The summed E-state index contributed by atoms with van der Waals surface area (Å²) < 4.78 is 29.3. The number of nitrogens with zero attached hydrogens (tertiary/aromatic N) is 2. The van der Waals surface area contributed by atoms with E-state index in [9.17, 15) is 13.2 Å². The van der Waals surface area contributed by atoms with Gasteiger partial charge in [0.15, 0.2) is 0 Å². The molecule has 0 bridgehead atoms. The quantitative estimate of drug-likeness (QED) is 0.431. The highest BCUT2D eigenvalue weighted by atomic mass is 32.2. The Morgan fingerprint density at radius 3 is 2.39 bits per heavy atom. The monoisotopic (exact) mass is 511 g/mol. The van der Waals surface area contributed by atoms with E-state index < -0.39 is 15.3 Å². The molecule has 0 atom stereocenters. The van der Waals surface area contributed by atoms with E-state index in [1.165, 1.54) is 0 Å². The van der Waals surface area contributed by atoms with Gasteiger partial charge >= 0.3 is 5.97 Å². The zero-order valence-corrected chi connectivity index (χ0v) is 22.5. The van der Waals surface area contributed by atoms with E-state index in [1.807, 2.05) is 26.0 Å².